The topological polar surface area (TPSA) is 66.9 Å². The van der Waals surface area contributed by atoms with Crippen molar-refractivity contribution in [1.82, 2.24) is 14.8 Å². The Labute approximate surface area is 233 Å². The van der Waals surface area contributed by atoms with Crippen LogP contribution >= 0.6 is 0 Å². The van der Waals surface area contributed by atoms with Crippen molar-refractivity contribution in [1.29, 1.82) is 0 Å². The Morgan fingerprint density at radius 1 is 1.10 bits per heavy atom. The highest BCUT2D eigenvalue weighted by molar-refractivity contribution is 5.93. The summed E-state index contributed by atoms with van der Waals surface area (Å²) in [4.78, 5) is 22.0. The molecule has 0 bridgehead atoms. The lowest BCUT2D eigenvalue weighted by molar-refractivity contribution is 0.00795. The van der Waals surface area contributed by atoms with Crippen molar-refractivity contribution >= 4 is 22.7 Å². The number of nitrogens with zero attached hydrogens (tertiary/aromatic N) is 3. The van der Waals surface area contributed by atoms with Crippen LogP contribution in [-0.4, -0.2) is 72.9 Å². The fourth-order valence-electron chi connectivity index (χ4n) is 5.15. The zero-order valence-corrected chi connectivity index (χ0v) is 24.2. The van der Waals surface area contributed by atoms with Gasteiger partial charge in [-0.2, -0.15) is 0 Å². The van der Waals surface area contributed by atoms with Gasteiger partial charge >= 0.3 is 6.09 Å². The number of rotatable bonds is 10. The molecule has 0 unspecified atom stereocenters. The van der Waals surface area contributed by atoms with Gasteiger partial charge in [0.2, 0.25) is 0 Å². The molecular weight excluding hydrogens is 488 g/mol. The molecule has 1 aromatic heterocycles. The van der Waals surface area contributed by atoms with Crippen molar-refractivity contribution in [3.05, 3.63) is 54.6 Å². The van der Waals surface area contributed by atoms with Crippen molar-refractivity contribution in [3.8, 4) is 17.0 Å². The molecular formula is C32H44N4O3. The quantitative estimate of drug-likeness (QED) is 0.289. The van der Waals surface area contributed by atoms with E-state index < -0.39 is 5.60 Å². The number of carbonyl (C=O) groups excluding carboxylic acids is 1. The maximum Gasteiger partial charge on any atom is 0.410 e. The van der Waals surface area contributed by atoms with Gasteiger partial charge in [-0.05, 0) is 109 Å². The number of nitrogens with one attached hydrogen (secondary N) is 1. The number of carbonyl (C=O) groups is 1. The van der Waals surface area contributed by atoms with Crippen LogP contribution in [0.3, 0.4) is 0 Å². The van der Waals surface area contributed by atoms with Gasteiger partial charge in [-0.25, -0.2) is 9.78 Å². The first kappa shape index (κ1) is 28.7. The second-order valence-corrected chi connectivity index (χ2v) is 11.5. The van der Waals surface area contributed by atoms with Gasteiger partial charge in [0, 0.05) is 35.8 Å². The van der Waals surface area contributed by atoms with E-state index in [1.807, 2.05) is 56.0 Å². The molecule has 2 aromatic carbocycles. The molecule has 3 aromatic rings. The summed E-state index contributed by atoms with van der Waals surface area (Å²) in [5.41, 5.74) is 3.63. The van der Waals surface area contributed by atoms with E-state index in [1.165, 1.54) is 6.42 Å². The molecule has 1 atom stereocenters. The number of piperidine rings is 1. The molecule has 0 spiro atoms. The number of para-hydroxylation sites is 1. The van der Waals surface area contributed by atoms with Gasteiger partial charge in [0.25, 0.3) is 0 Å². The third kappa shape index (κ3) is 8.09. The number of methoxy groups -OCH3 is 1. The van der Waals surface area contributed by atoms with E-state index in [1.54, 1.807) is 7.11 Å². The van der Waals surface area contributed by atoms with Crippen molar-refractivity contribution in [2.45, 2.75) is 64.5 Å². The Balaban J connectivity index is 1.30. The predicted molar refractivity (Wildman–Crippen MR) is 160 cm³/mol. The first-order valence-electron chi connectivity index (χ1n) is 14.2. The van der Waals surface area contributed by atoms with Crippen LogP contribution < -0.4 is 10.1 Å². The van der Waals surface area contributed by atoms with Gasteiger partial charge in [0.05, 0.1) is 18.3 Å². The number of hydrogen-bond donors (Lipinski definition) is 1. The molecule has 1 amide bonds. The highest BCUT2D eigenvalue weighted by Gasteiger charge is 2.30. The van der Waals surface area contributed by atoms with Crippen LogP contribution in [0.4, 0.5) is 10.5 Å². The zero-order chi connectivity index (χ0) is 27.8. The summed E-state index contributed by atoms with van der Waals surface area (Å²) in [6, 6.07) is 18.7. The summed E-state index contributed by atoms with van der Waals surface area (Å²) < 4.78 is 11.0. The molecule has 0 saturated carbocycles. The molecule has 1 saturated heterocycles. The summed E-state index contributed by atoms with van der Waals surface area (Å²) in [6.07, 6.45) is 5.12. The standard InChI is InChI=1S/C32H44N4O3/c1-32(2,3)39-31(37)36-21-9-8-11-25(36)18-22-35(4)20-10-19-33-30-23-29(24-14-16-26(38-5)17-15-24)34-28-13-7-6-12-27(28)30/h6-7,12-17,23,25H,8-11,18-22H2,1-5H3,(H,33,34)/t25-/m0/s1. The molecule has 1 N–H and O–H groups in total. The number of ether oxygens (including phenoxy) is 2. The van der Waals surface area contributed by atoms with E-state index in [0.717, 1.165) is 85.5 Å². The third-order valence-corrected chi connectivity index (χ3v) is 7.23. The van der Waals surface area contributed by atoms with E-state index in [2.05, 4.69) is 41.5 Å². The van der Waals surface area contributed by atoms with Crippen molar-refractivity contribution < 1.29 is 14.3 Å². The number of aromatic nitrogens is 1. The van der Waals surface area contributed by atoms with Gasteiger partial charge in [0.15, 0.2) is 0 Å². The fourth-order valence-corrected chi connectivity index (χ4v) is 5.15. The van der Waals surface area contributed by atoms with Crippen LogP contribution in [0.15, 0.2) is 54.6 Å². The minimum absolute atomic E-state index is 0.169. The lowest BCUT2D eigenvalue weighted by atomic mass is 9.99. The monoisotopic (exact) mass is 532 g/mol. The average Bonchev–Trinajstić information content (AvgIpc) is 2.93. The van der Waals surface area contributed by atoms with Gasteiger partial charge in [0.1, 0.15) is 11.4 Å². The molecule has 4 rings (SSSR count). The van der Waals surface area contributed by atoms with Crippen molar-refractivity contribution in [3.63, 3.8) is 0 Å². The predicted octanol–water partition coefficient (Wildman–Crippen LogP) is 6.82. The zero-order valence-electron chi connectivity index (χ0n) is 24.2. The Hall–Kier alpha value is -3.32. The van der Waals surface area contributed by atoms with Crippen LogP contribution in [0.1, 0.15) is 52.9 Å². The summed E-state index contributed by atoms with van der Waals surface area (Å²) in [5, 5.41) is 4.79. The van der Waals surface area contributed by atoms with Crippen LogP contribution in [0.2, 0.25) is 0 Å². The molecule has 1 aliphatic rings. The minimum atomic E-state index is -0.460. The van der Waals surface area contributed by atoms with E-state index in [4.69, 9.17) is 14.5 Å². The van der Waals surface area contributed by atoms with Crippen LogP contribution in [0.25, 0.3) is 22.2 Å². The van der Waals surface area contributed by atoms with Crippen LogP contribution in [-0.2, 0) is 4.74 Å². The van der Waals surface area contributed by atoms with E-state index in [-0.39, 0.29) is 12.1 Å². The highest BCUT2D eigenvalue weighted by Crippen LogP contribution is 2.29. The summed E-state index contributed by atoms with van der Waals surface area (Å²) >= 11 is 0. The SMILES string of the molecule is COc1ccc(-c2cc(NCCCN(C)CC[C@@H]3CCCCN3C(=O)OC(C)(C)C)c3ccccc3n2)cc1. The molecule has 1 aliphatic heterocycles. The number of anilines is 1. The molecule has 1 fully saturated rings. The van der Waals surface area contributed by atoms with Gasteiger partial charge < -0.3 is 24.6 Å². The first-order chi connectivity index (χ1) is 18.7. The molecule has 2 heterocycles. The Bertz CT molecular complexity index is 1220. The molecule has 0 radical (unpaired) electrons. The average molecular weight is 533 g/mol. The van der Waals surface area contributed by atoms with E-state index in [0.29, 0.717) is 0 Å². The Kier molecular flexibility index (Phi) is 9.68. The van der Waals surface area contributed by atoms with Crippen molar-refractivity contribution in [2.75, 3.05) is 45.7 Å². The number of amides is 1. The van der Waals surface area contributed by atoms with Crippen LogP contribution in [0, 0.1) is 0 Å². The van der Waals surface area contributed by atoms with Gasteiger partial charge in [-0.3, -0.25) is 0 Å². The fraction of sp³-hybridized carbons (Fsp3) is 0.500. The summed E-state index contributed by atoms with van der Waals surface area (Å²) in [7, 11) is 3.85. The smallest absolute Gasteiger partial charge is 0.410 e. The first-order valence-corrected chi connectivity index (χ1v) is 14.2. The minimum Gasteiger partial charge on any atom is -0.497 e. The number of hydrogen-bond acceptors (Lipinski definition) is 6. The second kappa shape index (κ2) is 13.2. The maximum absolute atomic E-state index is 12.7. The number of benzene rings is 2. The number of likely N-dealkylation sites (tertiary alicyclic amines) is 1. The van der Waals surface area contributed by atoms with Gasteiger partial charge in [-0.15, -0.1) is 0 Å². The number of fused-ring (bicyclic) bond motifs is 1. The lowest BCUT2D eigenvalue weighted by Crippen LogP contribution is -2.47. The lowest BCUT2D eigenvalue weighted by Gasteiger charge is -2.37. The van der Waals surface area contributed by atoms with Gasteiger partial charge in [-0.1, -0.05) is 18.2 Å². The van der Waals surface area contributed by atoms with E-state index >= 15 is 0 Å². The van der Waals surface area contributed by atoms with Crippen molar-refractivity contribution in [2.24, 2.45) is 0 Å². The summed E-state index contributed by atoms with van der Waals surface area (Å²) in [5.74, 6) is 0.836. The second-order valence-electron chi connectivity index (χ2n) is 11.5. The Morgan fingerprint density at radius 2 is 1.87 bits per heavy atom. The van der Waals surface area contributed by atoms with Crippen LogP contribution in [0.5, 0.6) is 5.75 Å². The number of pyridine rings is 1. The molecule has 0 aliphatic carbocycles. The third-order valence-electron chi connectivity index (χ3n) is 7.23. The molecule has 210 valence electrons. The summed E-state index contributed by atoms with van der Waals surface area (Å²) in [6.45, 7) is 9.41. The molecule has 7 nitrogen and oxygen atoms in total. The molecule has 7 heteroatoms. The highest BCUT2D eigenvalue weighted by atomic mass is 16.6. The van der Waals surface area contributed by atoms with E-state index in [9.17, 15) is 4.79 Å². The normalized spacial score (nSPS) is 15.9. The molecule has 39 heavy (non-hydrogen) atoms. The largest absolute Gasteiger partial charge is 0.497 e. The Morgan fingerprint density at radius 3 is 2.62 bits per heavy atom. The maximum atomic E-state index is 12.7.